The Morgan fingerprint density at radius 2 is 1.97 bits per heavy atom. The molecule has 0 aromatic heterocycles. The van der Waals surface area contributed by atoms with Gasteiger partial charge >= 0.3 is 0 Å². The lowest BCUT2D eigenvalue weighted by Crippen LogP contribution is -2.66. The van der Waals surface area contributed by atoms with Gasteiger partial charge in [0.1, 0.15) is 28.7 Å². The second-order valence-electron chi connectivity index (χ2n) is 11.5. The van der Waals surface area contributed by atoms with Crippen LogP contribution in [0, 0.1) is 17.2 Å². The molecule has 2 unspecified atom stereocenters. The van der Waals surface area contributed by atoms with Gasteiger partial charge in [0.25, 0.3) is 5.91 Å². The van der Waals surface area contributed by atoms with Crippen LogP contribution in [0.15, 0.2) is 28.7 Å². The molecule has 4 atom stereocenters. The van der Waals surface area contributed by atoms with E-state index in [1.165, 1.54) is 6.07 Å². The molecule has 1 aromatic carbocycles. The van der Waals surface area contributed by atoms with Gasteiger partial charge in [0, 0.05) is 41.1 Å². The topological polar surface area (TPSA) is 165 Å². The molecular weight excluding hydrogens is 509 g/mol. The van der Waals surface area contributed by atoms with E-state index in [1.54, 1.807) is 11.9 Å². The van der Waals surface area contributed by atoms with Gasteiger partial charge in [-0.1, -0.05) is 6.92 Å². The van der Waals surface area contributed by atoms with E-state index >= 15 is 4.39 Å². The van der Waals surface area contributed by atoms with Crippen molar-refractivity contribution in [2.24, 2.45) is 17.1 Å². The third-order valence-corrected chi connectivity index (χ3v) is 9.29. The van der Waals surface area contributed by atoms with Crippen molar-refractivity contribution in [1.29, 1.82) is 0 Å². The van der Waals surface area contributed by atoms with E-state index in [4.69, 9.17) is 5.73 Å². The van der Waals surface area contributed by atoms with E-state index in [0.717, 1.165) is 13.0 Å². The number of rotatable bonds is 5. The number of allylic oxidation sites excluding steroid dienone is 2. The lowest BCUT2D eigenvalue weighted by Gasteiger charge is -2.55. The Kier molecular flexibility index (Phi) is 6.40. The standard InChI is InChI=1S/C28H34FN3O7/c1-4-31(2)12-27-10-13-8-15-20(17(33)9-14(22(15)29)16-6-5-7-32(16)3)23(35)19(13)24(36)28(27,39)25(37)21(26(30)38)18(34)11-27/h9,13,16,33-34,36,39H,4-8,10-12H2,1-3H3,(H2,30,38)/t13?,16?,27-,28-/m0/s1. The Labute approximate surface area is 225 Å². The van der Waals surface area contributed by atoms with Crippen molar-refractivity contribution in [2.75, 3.05) is 33.7 Å². The van der Waals surface area contributed by atoms with Gasteiger partial charge in [-0.15, -0.1) is 0 Å². The average molecular weight is 544 g/mol. The number of nitrogens with zero attached hydrogens (tertiary/aromatic N) is 2. The Bertz CT molecular complexity index is 1370. The average Bonchev–Trinajstić information content (AvgIpc) is 3.28. The number of aliphatic hydroxyl groups excluding tert-OH is 2. The summed E-state index contributed by atoms with van der Waals surface area (Å²) in [4.78, 5) is 43.2. The van der Waals surface area contributed by atoms with Gasteiger partial charge < -0.3 is 31.1 Å². The predicted octanol–water partition coefficient (Wildman–Crippen LogP) is 1.81. The van der Waals surface area contributed by atoms with E-state index in [0.29, 0.717) is 18.5 Å². The van der Waals surface area contributed by atoms with Crippen molar-refractivity contribution in [1.82, 2.24) is 9.80 Å². The molecule has 3 aliphatic carbocycles. The monoisotopic (exact) mass is 543 g/mol. The lowest BCUT2D eigenvalue weighted by atomic mass is 9.52. The summed E-state index contributed by atoms with van der Waals surface area (Å²) in [5, 5.41) is 45.1. The number of primary amides is 1. The molecule has 39 heavy (non-hydrogen) atoms. The second kappa shape index (κ2) is 9.14. The zero-order valence-corrected chi connectivity index (χ0v) is 22.3. The molecule has 5 rings (SSSR count). The molecule has 1 amide bonds. The number of likely N-dealkylation sites (tertiary alicyclic amines) is 1. The molecule has 210 valence electrons. The highest BCUT2D eigenvalue weighted by Crippen LogP contribution is 2.58. The Hall–Kier alpha value is -3.28. The van der Waals surface area contributed by atoms with Gasteiger partial charge in [0.15, 0.2) is 11.4 Å². The molecule has 1 fully saturated rings. The summed E-state index contributed by atoms with van der Waals surface area (Å²) < 4.78 is 16.0. The highest BCUT2D eigenvalue weighted by atomic mass is 19.1. The SMILES string of the molecule is CCN(C)C[C@]12CC(O)=C(C(N)=O)C(=O)[C@@]1(O)C(O)=C1C(=O)c3c(O)cc(C4CCCN4C)c(F)c3CC1C2. The summed E-state index contributed by atoms with van der Waals surface area (Å²) in [7, 11) is 3.59. The maximum absolute atomic E-state index is 16.0. The van der Waals surface area contributed by atoms with Crippen molar-refractivity contribution in [2.45, 2.75) is 50.7 Å². The number of nitrogens with two attached hydrogens (primary N) is 1. The van der Waals surface area contributed by atoms with Crippen molar-refractivity contribution in [3.8, 4) is 5.75 Å². The van der Waals surface area contributed by atoms with Gasteiger partial charge in [0.05, 0.1) is 5.56 Å². The van der Waals surface area contributed by atoms with Gasteiger partial charge in [-0.05, 0) is 64.9 Å². The Balaban J connectivity index is 1.71. The number of hydrogen-bond acceptors (Lipinski definition) is 9. The predicted molar refractivity (Wildman–Crippen MR) is 137 cm³/mol. The molecule has 0 bridgehead atoms. The zero-order chi connectivity index (χ0) is 28.6. The Morgan fingerprint density at radius 3 is 2.56 bits per heavy atom. The van der Waals surface area contributed by atoms with Gasteiger partial charge in [-0.2, -0.15) is 0 Å². The molecule has 0 saturated carbocycles. The Morgan fingerprint density at radius 1 is 1.28 bits per heavy atom. The number of benzene rings is 1. The summed E-state index contributed by atoms with van der Waals surface area (Å²) in [6, 6.07) is 0.986. The van der Waals surface area contributed by atoms with Gasteiger partial charge in [0.2, 0.25) is 5.78 Å². The number of phenols is 1. The van der Waals surface area contributed by atoms with Crippen LogP contribution >= 0.6 is 0 Å². The van der Waals surface area contributed by atoms with Gasteiger partial charge in [-0.25, -0.2) is 4.39 Å². The summed E-state index contributed by atoms with van der Waals surface area (Å²) in [6.07, 6.45) is 1.05. The number of aromatic hydroxyl groups is 1. The maximum Gasteiger partial charge on any atom is 0.255 e. The largest absolute Gasteiger partial charge is 0.511 e. The number of carbonyl (C=O) groups excluding carboxylic acids is 3. The fraction of sp³-hybridized carbons (Fsp3) is 0.536. The zero-order valence-electron chi connectivity index (χ0n) is 22.3. The first kappa shape index (κ1) is 27.3. The minimum Gasteiger partial charge on any atom is -0.511 e. The molecule has 1 heterocycles. The van der Waals surface area contributed by atoms with E-state index < -0.39 is 63.1 Å². The quantitative estimate of drug-likeness (QED) is 0.348. The molecule has 10 nitrogen and oxygen atoms in total. The summed E-state index contributed by atoms with van der Waals surface area (Å²) in [5.41, 5.74) is -0.0801. The minimum absolute atomic E-state index is 0.0113. The molecular formula is C28H34FN3O7. The van der Waals surface area contributed by atoms with Crippen LogP contribution in [-0.4, -0.2) is 87.0 Å². The second-order valence-corrected chi connectivity index (χ2v) is 11.5. The van der Waals surface area contributed by atoms with Crippen LogP contribution in [0.3, 0.4) is 0 Å². The number of amides is 1. The number of aliphatic hydroxyl groups is 3. The minimum atomic E-state index is -2.74. The first-order valence-electron chi connectivity index (χ1n) is 13.2. The van der Waals surface area contributed by atoms with Crippen molar-refractivity contribution in [3.05, 3.63) is 51.2 Å². The number of halogens is 1. The molecule has 1 saturated heterocycles. The maximum atomic E-state index is 16.0. The summed E-state index contributed by atoms with van der Waals surface area (Å²) in [6.45, 7) is 3.12. The van der Waals surface area contributed by atoms with Crippen LogP contribution in [0.5, 0.6) is 5.75 Å². The van der Waals surface area contributed by atoms with Crippen LogP contribution in [0.4, 0.5) is 4.39 Å². The molecule has 0 radical (unpaired) electrons. The van der Waals surface area contributed by atoms with Crippen LogP contribution in [0.25, 0.3) is 0 Å². The van der Waals surface area contributed by atoms with Crippen LogP contribution in [0.1, 0.15) is 60.1 Å². The van der Waals surface area contributed by atoms with Crippen molar-refractivity contribution in [3.63, 3.8) is 0 Å². The van der Waals surface area contributed by atoms with Crippen molar-refractivity contribution >= 4 is 17.5 Å². The summed E-state index contributed by atoms with van der Waals surface area (Å²) in [5.74, 6) is -6.85. The fourth-order valence-corrected chi connectivity index (χ4v) is 7.31. The number of fused-ring (bicyclic) bond motifs is 3. The molecule has 11 heteroatoms. The van der Waals surface area contributed by atoms with E-state index in [1.807, 2.05) is 18.9 Å². The van der Waals surface area contributed by atoms with Crippen LogP contribution in [-0.2, 0) is 16.0 Å². The number of ketones is 2. The van der Waals surface area contributed by atoms with E-state index in [-0.39, 0.29) is 48.5 Å². The first-order chi connectivity index (χ1) is 18.3. The van der Waals surface area contributed by atoms with Crippen LogP contribution in [0.2, 0.25) is 0 Å². The fourth-order valence-electron chi connectivity index (χ4n) is 7.31. The molecule has 0 spiro atoms. The first-order valence-corrected chi connectivity index (χ1v) is 13.2. The normalized spacial score (nSPS) is 31.0. The molecule has 1 aromatic rings. The van der Waals surface area contributed by atoms with Gasteiger partial charge in [-0.3, -0.25) is 19.3 Å². The molecule has 4 aliphatic rings. The van der Waals surface area contributed by atoms with E-state index in [2.05, 4.69) is 0 Å². The number of hydrogen-bond donors (Lipinski definition) is 5. The highest BCUT2D eigenvalue weighted by molar-refractivity contribution is 6.24. The number of carbonyl (C=O) groups is 3. The molecule has 6 N–H and O–H groups in total. The molecule has 1 aliphatic heterocycles. The third kappa shape index (κ3) is 3.66. The lowest BCUT2D eigenvalue weighted by molar-refractivity contribution is -0.161. The summed E-state index contributed by atoms with van der Waals surface area (Å²) >= 11 is 0. The van der Waals surface area contributed by atoms with E-state index in [9.17, 15) is 34.8 Å². The third-order valence-electron chi connectivity index (χ3n) is 9.29. The highest BCUT2D eigenvalue weighted by Gasteiger charge is 2.67. The number of phenolic OH excluding ortho intramolecular Hbond substituents is 1. The smallest absolute Gasteiger partial charge is 0.255 e. The van der Waals surface area contributed by atoms with Crippen molar-refractivity contribution < 1.29 is 39.2 Å². The van der Waals surface area contributed by atoms with Crippen LogP contribution < -0.4 is 5.73 Å². The number of Topliss-reactive ketones (excluding diaryl/α,β-unsaturated/α-hetero) is 2.